The van der Waals surface area contributed by atoms with E-state index in [0.29, 0.717) is 0 Å². The Morgan fingerprint density at radius 2 is 1.82 bits per heavy atom. The van der Waals surface area contributed by atoms with Gasteiger partial charge in [-0.1, -0.05) is 19.3 Å². The quantitative estimate of drug-likeness (QED) is 0.686. The summed E-state index contributed by atoms with van der Waals surface area (Å²) in [6, 6.07) is 1.64. The maximum absolute atomic E-state index is 3.73. The lowest BCUT2D eigenvalue weighted by atomic mass is 9.95. The maximum Gasteiger partial charge on any atom is 0.00921 e. The van der Waals surface area contributed by atoms with E-state index >= 15 is 0 Å². The molecule has 0 aliphatic heterocycles. The molecule has 17 heavy (non-hydrogen) atoms. The minimum Gasteiger partial charge on any atom is -0.314 e. The molecular weight excluding hydrogens is 208 g/mol. The molecule has 0 aromatic carbocycles. The van der Waals surface area contributed by atoms with Gasteiger partial charge in [-0.2, -0.15) is 0 Å². The van der Waals surface area contributed by atoms with E-state index in [4.69, 9.17) is 0 Å². The Hall–Kier alpha value is -0.0800. The molecule has 0 spiro atoms. The fourth-order valence-electron chi connectivity index (χ4n) is 3.08. The van der Waals surface area contributed by atoms with Crippen LogP contribution in [0.3, 0.4) is 0 Å². The molecule has 0 bridgehead atoms. The smallest absolute Gasteiger partial charge is 0.00921 e. The predicted molar refractivity (Wildman–Crippen MR) is 74.3 cm³/mol. The van der Waals surface area contributed by atoms with Gasteiger partial charge in [-0.15, -0.1) is 0 Å². The molecule has 0 amide bonds. The molecule has 2 aliphatic carbocycles. The summed E-state index contributed by atoms with van der Waals surface area (Å²) in [7, 11) is 2.30. The molecule has 2 aliphatic rings. The van der Waals surface area contributed by atoms with Gasteiger partial charge in [-0.05, 0) is 65.1 Å². The van der Waals surface area contributed by atoms with Gasteiger partial charge in [-0.25, -0.2) is 0 Å². The van der Waals surface area contributed by atoms with Crippen molar-refractivity contribution < 1.29 is 0 Å². The van der Waals surface area contributed by atoms with Crippen LogP contribution in [0.1, 0.15) is 58.3 Å². The highest BCUT2D eigenvalue weighted by Crippen LogP contribution is 2.34. The van der Waals surface area contributed by atoms with Crippen LogP contribution in [0.5, 0.6) is 0 Å². The molecule has 1 atom stereocenters. The molecular formula is C15H30N2. The Balaban J connectivity index is 1.50. The van der Waals surface area contributed by atoms with Gasteiger partial charge in [0.15, 0.2) is 0 Å². The van der Waals surface area contributed by atoms with Crippen molar-refractivity contribution in [3.8, 4) is 0 Å². The highest BCUT2D eigenvalue weighted by molar-refractivity contribution is 4.84. The van der Waals surface area contributed by atoms with Crippen LogP contribution < -0.4 is 5.32 Å². The lowest BCUT2D eigenvalue weighted by molar-refractivity contribution is 0.229. The minimum atomic E-state index is 0.810. The third-order valence-corrected chi connectivity index (χ3v) is 4.73. The van der Waals surface area contributed by atoms with Crippen LogP contribution in [-0.4, -0.2) is 37.1 Å². The van der Waals surface area contributed by atoms with Gasteiger partial charge in [0.05, 0.1) is 0 Å². The molecule has 100 valence electrons. The van der Waals surface area contributed by atoms with E-state index in [2.05, 4.69) is 24.2 Å². The van der Waals surface area contributed by atoms with Crippen molar-refractivity contribution in [1.82, 2.24) is 10.2 Å². The van der Waals surface area contributed by atoms with Crippen LogP contribution in [0.25, 0.3) is 0 Å². The zero-order chi connectivity index (χ0) is 12.1. The first-order valence-corrected chi connectivity index (χ1v) is 7.71. The van der Waals surface area contributed by atoms with Crippen LogP contribution >= 0.6 is 0 Å². The van der Waals surface area contributed by atoms with Crippen molar-refractivity contribution in [3.63, 3.8) is 0 Å². The van der Waals surface area contributed by atoms with Gasteiger partial charge in [0.2, 0.25) is 0 Å². The van der Waals surface area contributed by atoms with Gasteiger partial charge < -0.3 is 10.2 Å². The Bertz CT molecular complexity index is 207. The second kappa shape index (κ2) is 6.75. The van der Waals surface area contributed by atoms with Gasteiger partial charge in [-0.3, -0.25) is 0 Å². The predicted octanol–water partition coefficient (Wildman–Crippen LogP) is 3.03. The van der Waals surface area contributed by atoms with E-state index in [1.807, 2.05) is 0 Å². The number of hydrogen-bond donors (Lipinski definition) is 1. The first-order valence-electron chi connectivity index (χ1n) is 7.71. The average molecular weight is 238 g/mol. The van der Waals surface area contributed by atoms with E-state index < -0.39 is 0 Å². The minimum absolute atomic E-state index is 0.810. The van der Waals surface area contributed by atoms with Crippen LogP contribution in [-0.2, 0) is 0 Å². The SMILES string of the molecule is CC(C1CC1)N(C)CCCNC1CCCCC1. The van der Waals surface area contributed by atoms with Crippen LogP contribution in [0.4, 0.5) is 0 Å². The van der Waals surface area contributed by atoms with E-state index in [1.54, 1.807) is 0 Å². The third kappa shape index (κ3) is 4.59. The lowest BCUT2D eigenvalue weighted by Gasteiger charge is -2.26. The molecule has 2 fully saturated rings. The summed E-state index contributed by atoms with van der Waals surface area (Å²) in [5.41, 5.74) is 0. The molecule has 2 rings (SSSR count). The molecule has 0 saturated heterocycles. The second-order valence-electron chi connectivity index (χ2n) is 6.20. The third-order valence-electron chi connectivity index (χ3n) is 4.73. The molecule has 1 N–H and O–H groups in total. The Morgan fingerprint density at radius 1 is 1.12 bits per heavy atom. The van der Waals surface area contributed by atoms with Crippen molar-refractivity contribution >= 4 is 0 Å². The summed E-state index contributed by atoms with van der Waals surface area (Å²) in [5.74, 6) is 1.01. The topological polar surface area (TPSA) is 15.3 Å². The van der Waals surface area contributed by atoms with Crippen molar-refractivity contribution in [3.05, 3.63) is 0 Å². The van der Waals surface area contributed by atoms with Crippen molar-refractivity contribution in [2.75, 3.05) is 20.1 Å². The van der Waals surface area contributed by atoms with E-state index in [0.717, 1.165) is 18.0 Å². The summed E-state index contributed by atoms with van der Waals surface area (Å²) in [6.07, 6.45) is 11.4. The Morgan fingerprint density at radius 3 is 2.47 bits per heavy atom. The summed E-state index contributed by atoms with van der Waals surface area (Å²) >= 11 is 0. The zero-order valence-electron chi connectivity index (χ0n) is 11.8. The van der Waals surface area contributed by atoms with Gasteiger partial charge in [0, 0.05) is 12.1 Å². The summed E-state index contributed by atoms with van der Waals surface area (Å²) < 4.78 is 0. The van der Waals surface area contributed by atoms with Crippen molar-refractivity contribution in [1.29, 1.82) is 0 Å². The average Bonchev–Trinajstić information content (AvgIpc) is 3.19. The molecule has 0 radical (unpaired) electrons. The standard InChI is InChI=1S/C15H30N2/c1-13(14-9-10-14)17(2)12-6-11-16-15-7-4-3-5-8-15/h13-16H,3-12H2,1-2H3. The first kappa shape index (κ1) is 13.4. The fraction of sp³-hybridized carbons (Fsp3) is 1.00. The number of nitrogens with zero attached hydrogens (tertiary/aromatic N) is 1. The fourth-order valence-corrected chi connectivity index (χ4v) is 3.08. The van der Waals surface area contributed by atoms with E-state index in [-0.39, 0.29) is 0 Å². The molecule has 0 aromatic heterocycles. The van der Waals surface area contributed by atoms with Crippen molar-refractivity contribution in [2.24, 2.45) is 5.92 Å². The Labute approximate surface area is 107 Å². The van der Waals surface area contributed by atoms with Crippen molar-refractivity contribution in [2.45, 2.75) is 70.4 Å². The number of rotatable bonds is 7. The molecule has 1 unspecified atom stereocenters. The van der Waals surface area contributed by atoms with Crippen LogP contribution in [0.2, 0.25) is 0 Å². The van der Waals surface area contributed by atoms with E-state index in [9.17, 15) is 0 Å². The normalized spacial score (nSPS) is 24.2. The second-order valence-corrected chi connectivity index (χ2v) is 6.20. The van der Waals surface area contributed by atoms with E-state index in [1.165, 1.54) is 64.5 Å². The maximum atomic E-state index is 3.73. The zero-order valence-corrected chi connectivity index (χ0v) is 11.8. The van der Waals surface area contributed by atoms with Gasteiger partial charge in [0.25, 0.3) is 0 Å². The monoisotopic (exact) mass is 238 g/mol. The van der Waals surface area contributed by atoms with Crippen LogP contribution in [0, 0.1) is 5.92 Å². The van der Waals surface area contributed by atoms with Crippen LogP contribution in [0.15, 0.2) is 0 Å². The number of nitrogens with one attached hydrogen (secondary N) is 1. The summed E-state index contributed by atoms with van der Waals surface area (Å²) in [6.45, 7) is 4.87. The highest BCUT2D eigenvalue weighted by Gasteiger charge is 2.29. The summed E-state index contributed by atoms with van der Waals surface area (Å²) in [4.78, 5) is 2.56. The molecule has 0 aromatic rings. The molecule has 2 nitrogen and oxygen atoms in total. The molecule has 0 heterocycles. The molecule has 2 heteroatoms. The molecule has 2 saturated carbocycles. The largest absolute Gasteiger partial charge is 0.314 e. The first-order chi connectivity index (χ1) is 8.27. The van der Waals surface area contributed by atoms with Gasteiger partial charge >= 0.3 is 0 Å². The Kier molecular flexibility index (Phi) is 5.30. The van der Waals surface area contributed by atoms with Gasteiger partial charge in [0.1, 0.15) is 0 Å². The number of hydrogen-bond acceptors (Lipinski definition) is 2. The summed E-state index contributed by atoms with van der Waals surface area (Å²) in [5, 5.41) is 3.73. The lowest BCUT2D eigenvalue weighted by Crippen LogP contribution is -2.36. The highest BCUT2D eigenvalue weighted by atomic mass is 15.1.